The zero-order valence-corrected chi connectivity index (χ0v) is 12.9. The lowest BCUT2D eigenvalue weighted by Crippen LogP contribution is -2.55. The molecule has 4 amide bonds. The number of primary amides is 2. The molecule has 0 saturated heterocycles. The van der Waals surface area contributed by atoms with Crippen molar-refractivity contribution in [3.05, 3.63) is 17.5 Å². The highest BCUT2D eigenvalue weighted by Gasteiger charge is 2.23. The highest BCUT2D eigenvalue weighted by molar-refractivity contribution is 6.05. The van der Waals surface area contributed by atoms with Crippen LogP contribution in [0.1, 0.15) is 18.3 Å². The van der Waals surface area contributed by atoms with Crippen molar-refractivity contribution in [3.8, 4) is 0 Å². The summed E-state index contributed by atoms with van der Waals surface area (Å²) >= 11 is 0. The molecule has 1 rings (SSSR count). The molecule has 1 heterocycles. The van der Waals surface area contributed by atoms with Gasteiger partial charge in [-0.05, 0) is 25.8 Å². The van der Waals surface area contributed by atoms with Crippen molar-refractivity contribution < 1.29 is 14.4 Å². The van der Waals surface area contributed by atoms with Crippen LogP contribution in [0.15, 0.2) is 6.07 Å². The third kappa shape index (κ3) is 5.08. The molecule has 1 aromatic rings. The van der Waals surface area contributed by atoms with E-state index in [1.165, 1.54) is 0 Å². The first kappa shape index (κ1) is 17.5. The highest BCUT2D eigenvalue weighted by Crippen LogP contribution is 2.05. The number of urea groups is 1. The molecule has 0 aliphatic rings. The van der Waals surface area contributed by atoms with Crippen molar-refractivity contribution in [3.63, 3.8) is 0 Å². The van der Waals surface area contributed by atoms with Crippen molar-refractivity contribution in [2.45, 2.75) is 33.4 Å². The third-order valence-corrected chi connectivity index (χ3v) is 3.04. The molecule has 9 nitrogen and oxygen atoms in total. The Hall–Kier alpha value is -2.58. The van der Waals surface area contributed by atoms with Gasteiger partial charge in [0.25, 0.3) is 0 Å². The summed E-state index contributed by atoms with van der Waals surface area (Å²) in [4.78, 5) is 33.6. The van der Waals surface area contributed by atoms with Gasteiger partial charge in [0, 0.05) is 18.8 Å². The van der Waals surface area contributed by atoms with Crippen LogP contribution in [0.3, 0.4) is 0 Å². The molecular formula is C13H22N6O3. The second kappa shape index (κ2) is 7.43. The van der Waals surface area contributed by atoms with Gasteiger partial charge in [0.1, 0.15) is 0 Å². The minimum absolute atomic E-state index is 0.101. The van der Waals surface area contributed by atoms with Crippen LogP contribution in [-0.2, 0) is 16.1 Å². The fraction of sp³-hybridized carbons (Fsp3) is 0.538. The van der Waals surface area contributed by atoms with Gasteiger partial charge in [0.2, 0.25) is 11.8 Å². The molecule has 0 aromatic carbocycles. The van der Waals surface area contributed by atoms with Gasteiger partial charge in [0.15, 0.2) is 6.04 Å². The first-order valence-electron chi connectivity index (χ1n) is 6.84. The van der Waals surface area contributed by atoms with Gasteiger partial charge in [0.05, 0.1) is 5.69 Å². The van der Waals surface area contributed by atoms with E-state index in [4.69, 9.17) is 11.5 Å². The van der Waals surface area contributed by atoms with Crippen molar-refractivity contribution in [2.24, 2.45) is 17.4 Å². The number of carbonyl (C=O) groups is 3. The number of aryl methyl sites for hydroxylation is 2. The summed E-state index contributed by atoms with van der Waals surface area (Å²) in [6.07, 6.45) is 0. The van der Waals surface area contributed by atoms with Crippen LogP contribution in [0.5, 0.6) is 0 Å². The maximum atomic E-state index is 11.6. The number of hydrogen-bond acceptors (Lipinski definition) is 4. The van der Waals surface area contributed by atoms with E-state index in [0.29, 0.717) is 13.1 Å². The molecule has 1 aromatic heterocycles. The smallest absolute Gasteiger partial charge is 0.315 e. The molecule has 0 fully saturated rings. The number of nitrogens with two attached hydrogens (primary N) is 2. The van der Waals surface area contributed by atoms with Crippen molar-refractivity contribution in [1.29, 1.82) is 0 Å². The number of hydrogen-bond donors (Lipinski definition) is 4. The van der Waals surface area contributed by atoms with Gasteiger partial charge in [-0.25, -0.2) is 4.79 Å². The van der Waals surface area contributed by atoms with E-state index in [2.05, 4.69) is 15.7 Å². The number of aromatic nitrogens is 2. The second-order valence-corrected chi connectivity index (χ2v) is 5.31. The molecular weight excluding hydrogens is 288 g/mol. The summed E-state index contributed by atoms with van der Waals surface area (Å²) in [5.41, 5.74) is 11.9. The van der Waals surface area contributed by atoms with E-state index in [9.17, 15) is 14.4 Å². The van der Waals surface area contributed by atoms with Crippen LogP contribution in [0.4, 0.5) is 4.79 Å². The van der Waals surface area contributed by atoms with E-state index in [1.807, 2.05) is 31.5 Å². The van der Waals surface area contributed by atoms with E-state index >= 15 is 0 Å². The SMILES string of the molecule is Cc1cc(C)n(CC(C)CNC(=O)NC(C(N)=O)C(N)=O)n1. The number of nitrogens with zero attached hydrogens (tertiary/aromatic N) is 2. The number of amides is 4. The van der Waals surface area contributed by atoms with Gasteiger partial charge in [-0.3, -0.25) is 14.3 Å². The molecule has 1 atom stereocenters. The fourth-order valence-corrected chi connectivity index (χ4v) is 1.95. The maximum Gasteiger partial charge on any atom is 0.315 e. The van der Waals surface area contributed by atoms with E-state index < -0.39 is 23.9 Å². The molecule has 1 unspecified atom stereocenters. The lowest BCUT2D eigenvalue weighted by atomic mass is 10.2. The molecule has 9 heteroatoms. The Balaban J connectivity index is 2.45. The lowest BCUT2D eigenvalue weighted by molar-refractivity contribution is -0.128. The maximum absolute atomic E-state index is 11.6. The Morgan fingerprint density at radius 3 is 2.32 bits per heavy atom. The Morgan fingerprint density at radius 2 is 1.86 bits per heavy atom. The summed E-state index contributed by atoms with van der Waals surface area (Å²) in [5.74, 6) is -1.90. The average molecular weight is 310 g/mol. The Kier molecular flexibility index (Phi) is 5.90. The van der Waals surface area contributed by atoms with Gasteiger partial charge < -0.3 is 22.1 Å². The average Bonchev–Trinajstić information content (AvgIpc) is 2.71. The molecule has 0 saturated carbocycles. The monoisotopic (exact) mass is 310 g/mol. The standard InChI is InChI=1S/C13H22N6O3/c1-7(6-19-9(3)4-8(2)18-19)5-16-13(22)17-10(11(14)20)12(15)21/h4,7,10H,5-6H2,1-3H3,(H2,14,20)(H2,15,21)(H2,16,17,22). The fourth-order valence-electron chi connectivity index (χ4n) is 1.95. The van der Waals surface area contributed by atoms with Crippen molar-refractivity contribution >= 4 is 17.8 Å². The summed E-state index contributed by atoms with van der Waals surface area (Å²) in [5, 5.41) is 9.03. The Labute approximate surface area is 128 Å². The third-order valence-electron chi connectivity index (χ3n) is 3.04. The largest absolute Gasteiger partial charge is 0.367 e. The van der Waals surface area contributed by atoms with Gasteiger partial charge in [-0.15, -0.1) is 0 Å². The highest BCUT2D eigenvalue weighted by atomic mass is 16.2. The molecule has 0 spiro atoms. The summed E-state index contributed by atoms with van der Waals surface area (Å²) in [6.45, 7) is 6.78. The predicted octanol–water partition coefficient (Wildman–Crippen LogP) is -1.23. The van der Waals surface area contributed by atoms with Crippen LogP contribution in [-0.4, -0.2) is 40.2 Å². The van der Waals surface area contributed by atoms with Crippen molar-refractivity contribution in [1.82, 2.24) is 20.4 Å². The summed E-state index contributed by atoms with van der Waals surface area (Å²) in [6, 6.07) is -0.230. The molecule has 0 aliphatic heterocycles. The van der Waals surface area contributed by atoms with Crippen LogP contribution in [0.25, 0.3) is 0 Å². The van der Waals surface area contributed by atoms with E-state index in [0.717, 1.165) is 11.4 Å². The molecule has 22 heavy (non-hydrogen) atoms. The predicted molar refractivity (Wildman–Crippen MR) is 79.6 cm³/mol. The first-order chi connectivity index (χ1) is 10.2. The van der Waals surface area contributed by atoms with Gasteiger partial charge >= 0.3 is 6.03 Å². The van der Waals surface area contributed by atoms with Crippen LogP contribution < -0.4 is 22.1 Å². The van der Waals surface area contributed by atoms with E-state index in [-0.39, 0.29) is 5.92 Å². The second-order valence-electron chi connectivity index (χ2n) is 5.31. The van der Waals surface area contributed by atoms with Gasteiger partial charge in [-0.2, -0.15) is 5.10 Å². The molecule has 6 N–H and O–H groups in total. The number of nitrogens with one attached hydrogen (secondary N) is 2. The number of rotatable bonds is 7. The van der Waals surface area contributed by atoms with E-state index in [1.54, 1.807) is 0 Å². The number of carbonyl (C=O) groups excluding carboxylic acids is 3. The zero-order chi connectivity index (χ0) is 16.9. The summed E-state index contributed by atoms with van der Waals surface area (Å²) < 4.78 is 1.86. The zero-order valence-electron chi connectivity index (χ0n) is 12.9. The summed E-state index contributed by atoms with van der Waals surface area (Å²) in [7, 11) is 0. The topological polar surface area (TPSA) is 145 Å². The molecule has 0 radical (unpaired) electrons. The molecule has 0 bridgehead atoms. The van der Waals surface area contributed by atoms with Crippen LogP contribution in [0.2, 0.25) is 0 Å². The van der Waals surface area contributed by atoms with Crippen LogP contribution in [0, 0.1) is 19.8 Å². The molecule has 0 aliphatic carbocycles. The Morgan fingerprint density at radius 1 is 1.27 bits per heavy atom. The lowest BCUT2D eigenvalue weighted by Gasteiger charge is -2.16. The normalized spacial score (nSPS) is 12.0. The minimum atomic E-state index is -1.52. The minimum Gasteiger partial charge on any atom is -0.367 e. The first-order valence-corrected chi connectivity index (χ1v) is 6.84. The quantitative estimate of drug-likeness (QED) is 0.467. The van der Waals surface area contributed by atoms with Gasteiger partial charge in [-0.1, -0.05) is 6.92 Å². The molecule has 122 valence electrons. The van der Waals surface area contributed by atoms with Crippen molar-refractivity contribution in [2.75, 3.05) is 6.54 Å². The van der Waals surface area contributed by atoms with Crippen LogP contribution >= 0.6 is 0 Å². The Bertz CT molecular complexity index is 554.